The molecule has 6 nitrogen and oxygen atoms in total. The fourth-order valence-corrected chi connectivity index (χ4v) is 2.70. The lowest BCUT2D eigenvalue weighted by Crippen LogP contribution is -2.44. The maximum Gasteiger partial charge on any atom is 0.321 e. The first-order valence-corrected chi connectivity index (χ1v) is 9.32. The first-order chi connectivity index (χ1) is 14.2. The van der Waals surface area contributed by atoms with Gasteiger partial charge < -0.3 is 10.1 Å². The average molecular weight is 414 g/mol. The highest BCUT2D eigenvalue weighted by Gasteiger charge is 2.32. The number of fused-ring (bicyclic) bond motifs is 1. The zero-order chi connectivity index (χ0) is 22.1. The van der Waals surface area contributed by atoms with Gasteiger partial charge in [-0.1, -0.05) is 30.3 Å². The van der Waals surface area contributed by atoms with Crippen LogP contribution in [-0.4, -0.2) is 34.8 Å². The maximum absolute atomic E-state index is 12.8. The second-order valence-corrected chi connectivity index (χ2v) is 6.89. The van der Waals surface area contributed by atoms with Crippen molar-refractivity contribution < 1.29 is 18.3 Å². The van der Waals surface area contributed by atoms with Crippen LogP contribution in [0.1, 0.15) is 25.0 Å². The molecule has 0 radical (unpaired) electrons. The minimum atomic E-state index is -3.40. The molecule has 2 aromatic carbocycles. The fourth-order valence-electron chi connectivity index (χ4n) is 2.70. The topological polar surface area (TPSA) is 79.9 Å². The van der Waals surface area contributed by atoms with Crippen LogP contribution < -0.4 is 5.32 Å². The number of carbonyl (C=O) groups excluding carboxylic acids is 1. The van der Waals surface area contributed by atoms with E-state index in [1.54, 1.807) is 43.1 Å². The van der Waals surface area contributed by atoms with Crippen molar-refractivity contribution in [2.24, 2.45) is 0 Å². The van der Waals surface area contributed by atoms with Crippen molar-refractivity contribution in [3.8, 4) is 6.07 Å². The highest BCUT2D eigenvalue weighted by molar-refractivity contribution is 5.83. The number of aromatic nitrogens is 2. The van der Waals surface area contributed by atoms with Crippen molar-refractivity contribution in [2.45, 2.75) is 39.0 Å². The van der Waals surface area contributed by atoms with Crippen LogP contribution in [0.15, 0.2) is 54.7 Å². The summed E-state index contributed by atoms with van der Waals surface area (Å²) in [6.45, 7) is 3.15. The monoisotopic (exact) mass is 414 g/mol. The van der Waals surface area contributed by atoms with Crippen molar-refractivity contribution >= 4 is 16.8 Å². The number of nitriles is 1. The number of hydrogen-bond acceptors (Lipinski definition) is 4. The fraction of sp³-hybridized carbons (Fsp3) is 0.318. The third kappa shape index (κ3) is 6.64. The number of ether oxygens (including phenoxy) is 1. The van der Waals surface area contributed by atoms with Crippen LogP contribution in [-0.2, 0) is 22.7 Å². The summed E-state index contributed by atoms with van der Waals surface area (Å²) >= 11 is 0. The molecule has 158 valence electrons. The van der Waals surface area contributed by atoms with Crippen LogP contribution in [0.4, 0.5) is 8.78 Å². The third-order valence-corrected chi connectivity index (χ3v) is 4.15. The van der Waals surface area contributed by atoms with E-state index in [4.69, 9.17) is 10.00 Å². The molecular weight excluding hydrogens is 390 g/mol. The number of hydrogen-bond donors (Lipinski definition) is 1. The zero-order valence-corrected chi connectivity index (χ0v) is 17.1. The zero-order valence-electron chi connectivity index (χ0n) is 17.1. The van der Waals surface area contributed by atoms with Crippen LogP contribution in [0.3, 0.4) is 0 Å². The Hall–Kier alpha value is -3.31. The van der Waals surface area contributed by atoms with Crippen molar-refractivity contribution in [3.05, 3.63) is 65.9 Å². The van der Waals surface area contributed by atoms with Gasteiger partial charge in [-0.2, -0.15) is 19.1 Å². The number of rotatable bonds is 6. The molecule has 0 saturated heterocycles. The van der Waals surface area contributed by atoms with Crippen LogP contribution in [0.2, 0.25) is 0 Å². The summed E-state index contributed by atoms with van der Waals surface area (Å²) in [5, 5.41) is 16.0. The largest absolute Gasteiger partial charge is 0.380 e. The molecule has 0 aliphatic carbocycles. The van der Waals surface area contributed by atoms with Crippen LogP contribution in [0.25, 0.3) is 10.9 Å². The van der Waals surface area contributed by atoms with Crippen molar-refractivity contribution in [3.63, 3.8) is 0 Å². The Morgan fingerprint density at radius 3 is 2.60 bits per heavy atom. The van der Waals surface area contributed by atoms with E-state index in [1.165, 1.54) is 5.56 Å². The summed E-state index contributed by atoms with van der Waals surface area (Å²) in [6.07, 6.45) is 1.60. The molecule has 1 aromatic heterocycles. The Labute approximate surface area is 174 Å². The van der Waals surface area contributed by atoms with Crippen molar-refractivity contribution in [1.29, 1.82) is 5.26 Å². The number of nitrogens with zero attached hydrogens (tertiary/aromatic N) is 3. The molecule has 1 amide bonds. The smallest absolute Gasteiger partial charge is 0.321 e. The highest BCUT2D eigenvalue weighted by atomic mass is 19.3. The molecule has 30 heavy (non-hydrogen) atoms. The first-order valence-electron chi connectivity index (χ1n) is 9.32. The van der Waals surface area contributed by atoms with Gasteiger partial charge in [-0.15, -0.1) is 0 Å². The lowest BCUT2D eigenvalue weighted by molar-refractivity contribution is -0.143. The van der Waals surface area contributed by atoms with Gasteiger partial charge in [0, 0.05) is 25.5 Å². The van der Waals surface area contributed by atoms with Gasteiger partial charge in [-0.05, 0) is 30.7 Å². The van der Waals surface area contributed by atoms with Gasteiger partial charge in [-0.3, -0.25) is 9.48 Å². The summed E-state index contributed by atoms with van der Waals surface area (Å²) < 4.78 is 32.2. The van der Waals surface area contributed by atoms with E-state index in [0.29, 0.717) is 19.1 Å². The molecule has 1 unspecified atom stereocenters. The van der Waals surface area contributed by atoms with E-state index in [0.717, 1.165) is 10.9 Å². The van der Waals surface area contributed by atoms with Gasteiger partial charge in [-0.25, -0.2) is 0 Å². The number of methoxy groups -OCH3 is 1. The molecule has 0 aliphatic heterocycles. The van der Waals surface area contributed by atoms with Gasteiger partial charge in [0.25, 0.3) is 5.91 Å². The van der Waals surface area contributed by atoms with E-state index in [9.17, 15) is 13.6 Å². The van der Waals surface area contributed by atoms with E-state index in [-0.39, 0.29) is 6.54 Å². The minimum Gasteiger partial charge on any atom is -0.380 e. The summed E-state index contributed by atoms with van der Waals surface area (Å²) in [6, 6.07) is 16.7. The maximum atomic E-state index is 12.8. The van der Waals surface area contributed by atoms with E-state index in [2.05, 4.69) is 10.4 Å². The Morgan fingerprint density at radius 1 is 1.30 bits per heavy atom. The van der Waals surface area contributed by atoms with Gasteiger partial charge in [0.05, 0.1) is 36.5 Å². The minimum absolute atomic E-state index is 0.261. The molecule has 0 saturated carbocycles. The van der Waals surface area contributed by atoms with Gasteiger partial charge in [0.2, 0.25) is 0 Å². The van der Waals surface area contributed by atoms with E-state index >= 15 is 0 Å². The molecule has 1 N–H and O–H groups in total. The van der Waals surface area contributed by atoms with Gasteiger partial charge >= 0.3 is 5.92 Å². The quantitative estimate of drug-likeness (QED) is 0.663. The average Bonchev–Trinajstić information content (AvgIpc) is 3.10. The molecule has 0 fully saturated rings. The summed E-state index contributed by atoms with van der Waals surface area (Å²) in [5.74, 6) is -4.71. The number of carbonyl (C=O) groups is 1. The molecular formula is C22H24F2N4O2. The Kier molecular flexibility index (Phi) is 8.01. The second kappa shape index (κ2) is 10.5. The molecule has 8 heteroatoms. The number of nitrogens with one attached hydrogen (secondary N) is 1. The molecule has 0 spiro atoms. The predicted octanol–water partition coefficient (Wildman–Crippen LogP) is 3.90. The molecule has 0 aliphatic rings. The van der Waals surface area contributed by atoms with Crippen LogP contribution in [0.5, 0.6) is 0 Å². The first kappa shape index (κ1) is 23.0. The van der Waals surface area contributed by atoms with Gasteiger partial charge in [0.15, 0.2) is 0 Å². The summed E-state index contributed by atoms with van der Waals surface area (Å²) in [7, 11) is 1.70. The van der Waals surface area contributed by atoms with E-state index < -0.39 is 17.9 Å². The van der Waals surface area contributed by atoms with Crippen molar-refractivity contribution in [2.75, 3.05) is 7.11 Å². The summed E-state index contributed by atoms with van der Waals surface area (Å²) in [4.78, 5) is 11.2. The normalized spacial score (nSPS) is 11.9. The lowest BCUT2D eigenvalue weighted by Gasteiger charge is -2.17. The van der Waals surface area contributed by atoms with E-state index in [1.807, 2.05) is 36.4 Å². The third-order valence-electron chi connectivity index (χ3n) is 4.15. The second-order valence-electron chi connectivity index (χ2n) is 6.89. The molecule has 0 bridgehead atoms. The number of benzene rings is 2. The number of amides is 1. The molecule has 1 heterocycles. The molecule has 3 aromatic rings. The Morgan fingerprint density at radius 2 is 2.00 bits per heavy atom. The number of alkyl halides is 2. The Bertz CT molecular complexity index is 1010. The number of halogens is 2. The highest BCUT2D eigenvalue weighted by Crippen LogP contribution is 2.16. The summed E-state index contributed by atoms with van der Waals surface area (Å²) in [5.41, 5.74) is 2.52. The molecule has 3 rings (SSSR count). The molecule has 1 atom stereocenters. The SMILES string of the molecule is CC(Cn1ncc2cc(C#N)ccc21)NC(=O)C(C)(F)F.COCc1ccccc1. The van der Waals surface area contributed by atoms with Crippen LogP contribution >= 0.6 is 0 Å². The van der Waals surface area contributed by atoms with Crippen LogP contribution in [0, 0.1) is 11.3 Å². The standard InChI is InChI=1S/C14H14F2N4O.C8H10O/c1-9(19-13(21)14(2,15)16)8-20-12-4-3-10(6-17)5-11(12)7-18-20;1-9-7-8-5-3-2-4-6-8/h3-5,7,9H,8H2,1-2H3,(H,19,21);2-6H,7H2,1H3. The Balaban J connectivity index is 0.000000297. The van der Waals surface area contributed by atoms with Gasteiger partial charge in [0.1, 0.15) is 0 Å². The lowest BCUT2D eigenvalue weighted by atomic mass is 10.2. The van der Waals surface area contributed by atoms with Crippen molar-refractivity contribution in [1.82, 2.24) is 15.1 Å². The predicted molar refractivity (Wildman–Crippen MR) is 110 cm³/mol.